The lowest BCUT2D eigenvalue weighted by atomic mass is 10.00. The molecular weight excluding hydrogens is 289 g/mol. The number of nitrogens with zero attached hydrogens (tertiary/aromatic N) is 2. The van der Waals surface area contributed by atoms with Crippen LogP contribution in [0.1, 0.15) is 16.7 Å². The molecule has 22 heavy (non-hydrogen) atoms. The molecule has 0 saturated carbocycles. The van der Waals surface area contributed by atoms with Gasteiger partial charge in [0.05, 0.1) is 5.56 Å². The van der Waals surface area contributed by atoms with Crippen LogP contribution in [0.2, 0.25) is 0 Å². The molecule has 1 heterocycles. The van der Waals surface area contributed by atoms with E-state index in [1.807, 2.05) is 18.0 Å². The van der Waals surface area contributed by atoms with E-state index >= 15 is 0 Å². The van der Waals surface area contributed by atoms with Gasteiger partial charge in [0.1, 0.15) is 0 Å². The summed E-state index contributed by atoms with van der Waals surface area (Å²) in [4.78, 5) is 1.88. The van der Waals surface area contributed by atoms with Crippen LogP contribution in [0.15, 0.2) is 42.5 Å². The van der Waals surface area contributed by atoms with Crippen LogP contribution in [0.25, 0.3) is 0 Å². The molecule has 5 heteroatoms. The molecule has 2 aromatic rings. The second-order valence-electron chi connectivity index (χ2n) is 5.41. The van der Waals surface area contributed by atoms with Crippen molar-refractivity contribution in [3.63, 3.8) is 0 Å². The van der Waals surface area contributed by atoms with E-state index in [0.29, 0.717) is 6.54 Å². The number of hydrogen-bond donors (Lipinski definition) is 0. The van der Waals surface area contributed by atoms with E-state index in [0.717, 1.165) is 36.5 Å². The molecule has 2 aromatic carbocycles. The van der Waals surface area contributed by atoms with Gasteiger partial charge in [0, 0.05) is 31.5 Å². The van der Waals surface area contributed by atoms with Gasteiger partial charge in [-0.2, -0.15) is 13.2 Å². The molecule has 0 aliphatic carbocycles. The summed E-state index contributed by atoms with van der Waals surface area (Å²) < 4.78 is 37.8. The van der Waals surface area contributed by atoms with Gasteiger partial charge in [-0.3, -0.25) is 0 Å². The molecule has 0 bridgehead atoms. The molecule has 0 aromatic heterocycles. The van der Waals surface area contributed by atoms with Gasteiger partial charge in [-0.25, -0.2) is 5.32 Å². The number of anilines is 2. The second-order valence-corrected chi connectivity index (χ2v) is 5.41. The van der Waals surface area contributed by atoms with Crippen LogP contribution in [-0.4, -0.2) is 13.6 Å². The summed E-state index contributed by atoms with van der Waals surface area (Å²) in [6.45, 7) is 1.57. The molecular formula is C17H16F3N2. The fourth-order valence-corrected chi connectivity index (χ4v) is 2.63. The fourth-order valence-electron chi connectivity index (χ4n) is 2.63. The first-order chi connectivity index (χ1) is 10.4. The van der Waals surface area contributed by atoms with Crippen molar-refractivity contribution >= 4 is 11.4 Å². The molecule has 1 radical (unpaired) electrons. The van der Waals surface area contributed by atoms with Crippen molar-refractivity contribution < 1.29 is 13.2 Å². The monoisotopic (exact) mass is 305 g/mol. The predicted octanol–water partition coefficient (Wildman–Crippen LogP) is 4.13. The highest BCUT2D eigenvalue weighted by molar-refractivity contribution is 5.64. The Balaban J connectivity index is 1.86. The quantitative estimate of drug-likeness (QED) is 0.815. The van der Waals surface area contributed by atoms with Crippen LogP contribution >= 0.6 is 0 Å². The Morgan fingerprint density at radius 3 is 2.32 bits per heavy atom. The SMILES string of the molecule is CN(c1ccc(C(F)(F)F)cc1)c1ccc2c(c1)C[N]CC2. The van der Waals surface area contributed by atoms with Crippen molar-refractivity contribution in [2.24, 2.45) is 0 Å². The van der Waals surface area contributed by atoms with Crippen LogP contribution in [0.5, 0.6) is 0 Å². The highest BCUT2D eigenvalue weighted by Gasteiger charge is 2.30. The van der Waals surface area contributed by atoms with Crippen molar-refractivity contribution in [1.29, 1.82) is 0 Å². The molecule has 0 spiro atoms. The fraction of sp³-hybridized carbons (Fsp3) is 0.294. The third-order valence-electron chi connectivity index (χ3n) is 3.98. The molecule has 0 atom stereocenters. The number of halogens is 3. The maximum Gasteiger partial charge on any atom is 0.416 e. The Kier molecular flexibility index (Phi) is 3.83. The Bertz CT molecular complexity index is 663. The van der Waals surface area contributed by atoms with Crippen molar-refractivity contribution in [3.05, 3.63) is 59.2 Å². The highest BCUT2D eigenvalue weighted by Crippen LogP contribution is 2.32. The molecule has 2 nitrogen and oxygen atoms in total. The minimum absolute atomic E-state index is 0.631. The van der Waals surface area contributed by atoms with Gasteiger partial charge in [0.25, 0.3) is 0 Å². The lowest BCUT2D eigenvalue weighted by molar-refractivity contribution is -0.137. The van der Waals surface area contributed by atoms with Gasteiger partial charge < -0.3 is 4.90 Å². The molecule has 3 rings (SSSR count). The predicted molar refractivity (Wildman–Crippen MR) is 80.4 cm³/mol. The number of alkyl halides is 3. The van der Waals surface area contributed by atoms with Gasteiger partial charge in [0.2, 0.25) is 0 Å². The molecule has 1 aliphatic rings. The van der Waals surface area contributed by atoms with Crippen LogP contribution in [-0.2, 0) is 19.1 Å². The maximum absolute atomic E-state index is 12.6. The minimum atomic E-state index is -4.30. The first kappa shape index (κ1) is 14.9. The summed E-state index contributed by atoms with van der Waals surface area (Å²) >= 11 is 0. The summed E-state index contributed by atoms with van der Waals surface area (Å²) in [6, 6.07) is 11.4. The van der Waals surface area contributed by atoms with Gasteiger partial charge in [-0.1, -0.05) is 6.07 Å². The van der Waals surface area contributed by atoms with Gasteiger partial charge in [-0.05, 0) is 53.9 Å². The third-order valence-corrected chi connectivity index (χ3v) is 3.98. The summed E-state index contributed by atoms with van der Waals surface area (Å²) in [5.74, 6) is 0. The lowest BCUT2D eigenvalue weighted by Gasteiger charge is -2.23. The highest BCUT2D eigenvalue weighted by atomic mass is 19.4. The summed E-state index contributed by atoms with van der Waals surface area (Å²) in [6.07, 6.45) is -3.34. The normalized spacial score (nSPS) is 14.5. The topological polar surface area (TPSA) is 17.3 Å². The Morgan fingerprint density at radius 1 is 0.955 bits per heavy atom. The zero-order chi connectivity index (χ0) is 15.7. The van der Waals surface area contributed by atoms with Crippen LogP contribution in [0, 0.1) is 0 Å². The van der Waals surface area contributed by atoms with Crippen LogP contribution < -0.4 is 10.2 Å². The minimum Gasteiger partial charge on any atom is -0.345 e. The zero-order valence-electron chi connectivity index (χ0n) is 12.2. The average Bonchev–Trinajstić information content (AvgIpc) is 2.53. The van der Waals surface area contributed by atoms with E-state index in [-0.39, 0.29) is 0 Å². The molecule has 0 amide bonds. The van der Waals surface area contributed by atoms with Gasteiger partial charge in [0.15, 0.2) is 0 Å². The molecule has 0 saturated heterocycles. The molecule has 0 fully saturated rings. The van der Waals surface area contributed by atoms with E-state index in [1.165, 1.54) is 23.3 Å². The molecule has 0 unspecified atom stereocenters. The third kappa shape index (κ3) is 2.95. The number of rotatable bonds is 2. The first-order valence-electron chi connectivity index (χ1n) is 7.11. The Labute approximate surface area is 127 Å². The van der Waals surface area contributed by atoms with Crippen molar-refractivity contribution in [2.75, 3.05) is 18.5 Å². The van der Waals surface area contributed by atoms with Crippen molar-refractivity contribution in [2.45, 2.75) is 19.1 Å². The smallest absolute Gasteiger partial charge is 0.345 e. The largest absolute Gasteiger partial charge is 0.416 e. The molecule has 0 N–H and O–H groups in total. The Hall–Kier alpha value is -2.01. The zero-order valence-corrected chi connectivity index (χ0v) is 12.2. The maximum atomic E-state index is 12.6. The van der Waals surface area contributed by atoms with Crippen molar-refractivity contribution in [3.8, 4) is 0 Å². The van der Waals surface area contributed by atoms with E-state index in [1.54, 1.807) is 0 Å². The number of benzene rings is 2. The molecule has 115 valence electrons. The number of fused-ring (bicyclic) bond motifs is 1. The first-order valence-corrected chi connectivity index (χ1v) is 7.11. The lowest BCUT2D eigenvalue weighted by Crippen LogP contribution is -2.18. The van der Waals surface area contributed by atoms with Gasteiger partial charge in [-0.15, -0.1) is 0 Å². The van der Waals surface area contributed by atoms with Crippen LogP contribution in [0.4, 0.5) is 24.5 Å². The average molecular weight is 305 g/mol. The van der Waals surface area contributed by atoms with E-state index < -0.39 is 11.7 Å². The summed E-state index contributed by atoms with van der Waals surface area (Å²) in [7, 11) is 1.85. The second kappa shape index (κ2) is 5.65. The summed E-state index contributed by atoms with van der Waals surface area (Å²) in [5.41, 5.74) is 3.55. The van der Waals surface area contributed by atoms with E-state index in [2.05, 4.69) is 17.4 Å². The molecule has 1 aliphatic heterocycles. The Morgan fingerprint density at radius 2 is 1.64 bits per heavy atom. The van der Waals surface area contributed by atoms with Crippen molar-refractivity contribution in [1.82, 2.24) is 5.32 Å². The summed E-state index contributed by atoms with van der Waals surface area (Å²) in [5, 5.41) is 4.39. The van der Waals surface area contributed by atoms with E-state index in [9.17, 15) is 13.2 Å². The number of hydrogen-bond acceptors (Lipinski definition) is 1. The van der Waals surface area contributed by atoms with Gasteiger partial charge >= 0.3 is 6.18 Å². The van der Waals surface area contributed by atoms with Crippen LogP contribution in [0.3, 0.4) is 0 Å². The standard InChI is InChI=1S/C17H16F3N2/c1-22(15-6-3-14(4-7-15)17(18,19)20)16-5-2-12-8-9-21-11-13(12)10-16/h2-7,10H,8-9,11H2,1H3. The van der Waals surface area contributed by atoms with E-state index in [4.69, 9.17) is 0 Å².